The molecule has 4 heteroatoms. The van der Waals surface area contributed by atoms with Gasteiger partial charge in [-0.2, -0.15) is 0 Å². The van der Waals surface area contributed by atoms with Crippen LogP contribution < -0.4 is 5.73 Å². The molecule has 1 aromatic rings. The largest absolute Gasteiger partial charge is 0.379 e. The van der Waals surface area contributed by atoms with Gasteiger partial charge in [0.15, 0.2) is 0 Å². The van der Waals surface area contributed by atoms with Crippen molar-refractivity contribution in [1.29, 1.82) is 0 Å². The van der Waals surface area contributed by atoms with Crippen molar-refractivity contribution in [2.24, 2.45) is 11.7 Å². The first kappa shape index (κ1) is 12.5. The van der Waals surface area contributed by atoms with Gasteiger partial charge >= 0.3 is 0 Å². The summed E-state index contributed by atoms with van der Waals surface area (Å²) in [4.78, 5) is 0. The highest BCUT2D eigenvalue weighted by molar-refractivity contribution is 5.31. The van der Waals surface area contributed by atoms with Gasteiger partial charge in [-0.3, -0.25) is 0 Å². The molecule has 1 saturated heterocycles. The molecule has 17 heavy (non-hydrogen) atoms. The minimum absolute atomic E-state index is 0.163. The Morgan fingerprint density at radius 1 is 1.41 bits per heavy atom. The molecule has 0 bridgehead atoms. The summed E-state index contributed by atoms with van der Waals surface area (Å²) in [6.07, 6.45) is 0.858. The minimum Gasteiger partial charge on any atom is -0.379 e. The van der Waals surface area contributed by atoms with Crippen LogP contribution in [0.2, 0.25) is 0 Å². The van der Waals surface area contributed by atoms with Gasteiger partial charge in [-0.25, -0.2) is 8.78 Å². The Morgan fingerprint density at radius 3 is 2.53 bits per heavy atom. The van der Waals surface area contributed by atoms with E-state index in [9.17, 15) is 8.78 Å². The van der Waals surface area contributed by atoms with Crippen molar-refractivity contribution in [1.82, 2.24) is 0 Å². The first-order valence-corrected chi connectivity index (χ1v) is 5.87. The summed E-state index contributed by atoms with van der Waals surface area (Å²) in [6.45, 7) is 3.44. The van der Waals surface area contributed by atoms with Crippen LogP contribution in [0.4, 0.5) is 8.78 Å². The third kappa shape index (κ3) is 1.96. The summed E-state index contributed by atoms with van der Waals surface area (Å²) in [5.41, 5.74) is 5.90. The number of rotatable bonds is 4. The summed E-state index contributed by atoms with van der Waals surface area (Å²) >= 11 is 0. The standard InChI is InChI=1S/C13H17F2NO/c1-2-9(6-16)13(7-17-8-13)11-4-3-10(14)5-12(11)15/h3-5,9H,2,6-8,16H2,1H3. The van der Waals surface area contributed by atoms with Gasteiger partial charge in [0.25, 0.3) is 0 Å². The lowest BCUT2D eigenvalue weighted by Crippen LogP contribution is -2.54. The highest BCUT2D eigenvalue weighted by Gasteiger charge is 2.47. The Morgan fingerprint density at radius 2 is 2.12 bits per heavy atom. The van der Waals surface area contributed by atoms with E-state index in [1.54, 1.807) is 0 Å². The molecule has 1 aromatic carbocycles. The lowest BCUT2D eigenvalue weighted by Gasteiger charge is -2.47. The molecule has 0 saturated carbocycles. The van der Waals surface area contributed by atoms with Gasteiger partial charge in [0.05, 0.1) is 13.2 Å². The maximum atomic E-state index is 13.9. The molecule has 0 spiro atoms. The fourth-order valence-electron chi connectivity index (χ4n) is 2.61. The van der Waals surface area contributed by atoms with E-state index in [1.165, 1.54) is 12.1 Å². The molecule has 2 nitrogen and oxygen atoms in total. The first-order valence-electron chi connectivity index (χ1n) is 5.87. The monoisotopic (exact) mass is 241 g/mol. The Hall–Kier alpha value is -1.00. The van der Waals surface area contributed by atoms with Crippen molar-refractivity contribution in [2.75, 3.05) is 19.8 Å². The molecule has 1 aliphatic rings. The van der Waals surface area contributed by atoms with E-state index >= 15 is 0 Å². The molecule has 0 aromatic heterocycles. The lowest BCUT2D eigenvalue weighted by molar-refractivity contribution is -0.0914. The lowest BCUT2D eigenvalue weighted by atomic mass is 9.67. The molecular formula is C13H17F2NO. The van der Waals surface area contributed by atoms with Crippen molar-refractivity contribution in [2.45, 2.75) is 18.8 Å². The van der Waals surface area contributed by atoms with Crippen LogP contribution in [0.1, 0.15) is 18.9 Å². The number of nitrogens with two attached hydrogens (primary N) is 1. The van der Waals surface area contributed by atoms with Crippen LogP contribution in [-0.2, 0) is 10.2 Å². The van der Waals surface area contributed by atoms with Crippen LogP contribution in [0.5, 0.6) is 0 Å². The second kappa shape index (κ2) is 4.70. The molecule has 0 radical (unpaired) electrons. The van der Waals surface area contributed by atoms with E-state index in [-0.39, 0.29) is 11.3 Å². The predicted octanol–water partition coefficient (Wildman–Crippen LogP) is 2.22. The fourth-order valence-corrected chi connectivity index (χ4v) is 2.61. The molecule has 1 atom stereocenters. The second-order valence-electron chi connectivity index (χ2n) is 4.61. The molecule has 0 amide bonds. The van der Waals surface area contributed by atoms with Gasteiger partial charge in [-0.15, -0.1) is 0 Å². The van der Waals surface area contributed by atoms with E-state index in [4.69, 9.17) is 10.5 Å². The van der Waals surface area contributed by atoms with Crippen LogP contribution >= 0.6 is 0 Å². The topological polar surface area (TPSA) is 35.2 Å². The number of ether oxygens (including phenoxy) is 1. The number of hydrogen-bond donors (Lipinski definition) is 1. The maximum absolute atomic E-state index is 13.9. The highest BCUT2D eigenvalue weighted by atomic mass is 19.1. The molecule has 0 aliphatic carbocycles. The van der Waals surface area contributed by atoms with Crippen molar-refractivity contribution < 1.29 is 13.5 Å². The molecule has 94 valence electrons. The summed E-state index contributed by atoms with van der Waals surface area (Å²) in [5, 5.41) is 0. The molecular weight excluding hydrogens is 224 g/mol. The zero-order chi connectivity index (χ0) is 12.5. The van der Waals surface area contributed by atoms with E-state index < -0.39 is 11.6 Å². The fraction of sp³-hybridized carbons (Fsp3) is 0.538. The van der Waals surface area contributed by atoms with Gasteiger partial charge in [-0.1, -0.05) is 19.4 Å². The van der Waals surface area contributed by atoms with Crippen molar-refractivity contribution in [3.05, 3.63) is 35.4 Å². The van der Waals surface area contributed by atoms with E-state index in [1.807, 2.05) is 6.92 Å². The Bertz CT molecular complexity index is 400. The zero-order valence-corrected chi connectivity index (χ0v) is 9.88. The van der Waals surface area contributed by atoms with Gasteiger partial charge in [-0.05, 0) is 24.1 Å². The van der Waals surface area contributed by atoms with Crippen molar-refractivity contribution in [3.63, 3.8) is 0 Å². The average Bonchev–Trinajstić information content (AvgIpc) is 2.24. The van der Waals surface area contributed by atoms with Crippen LogP contribution in [0, 0.1) is 17.6 Å². The van der Waals surface area contributed by atoms with Gasteiger partial charge in [0, 0.05) is 11.5 Å². The summed E-state index contributed by atoms with van der Waals surface area (Å²) in [5.74, 6) is -0.890. The van der Waals surface area contributed by atoms with Crippen molar-refractivity contribution >= 4 is 0 Å². The SMILES string of the molecule is CCC(CN)C1(c2ccc(F)cc2F)COC1. The molecule has 1 aliphatic heterocycles. The summed E-state index contributed by atoms with van der Waals surface area (Å²) < 4.78 is 32.0. The minimum atomic E-state index is -0.553. The maximum Gasteiger partial charge on any atom is 0.130 e. The summed E-state index contributed by atoms with van der Waals surface area (Å²) in [7, 11) is 0. The van der Waals surface area contributed by atoms with Gasteiger partial charge in [0.2, 0.25) is 0 Å². The van der Waals surface area contributed by atoms with E-state index in [0.717, 1.165) is 12.5 Å². The van der Waals surface area contributed by atoms with Crippen LogP contribution in [-0.4, -0.2) is 19.8 Å². The third-order valence-corrected chi connectivity index (χ3v) is 3.75. The first-order chi connectivity index (χ1) is 8.14. The number of benzene rings is 1. The Balaban J connectivity index is 2.40. The molecule has 1 unspecified atom stereocenters. The van der Waals surface area contributed by atoms with E-state index in [2.05, 4.69) is 0 Å². The van der Waals surface area contributed by atoms with Crippen molar-refractivity contribution in [3.8, 4) is 0 Å². The molecule has 1 heterocycles. The smallest absolute Gasteiger partial charge is 0.130 e. The number of halogens is 2. The van der Waals surface area contributed by atoms with E-state index in [0.29, 0.717) is 25.3 Å². The van der Waals surface area contributed by atoms with Gasteiger partial charge < -0.3 is 10.5 Å². The predicted molar refractivity (Wildman–Crippen MR) is 61.7 cm³/mol. The quantitative estimate of drug-likeness (QED) is 0.877. The summed E-state index contributed by atoms with van der Waals surface area (Å²) in [6, 6.07) is 3.74. The van der Waals surface area contributed by atoms with Crippen LogP contribution in [0.15, 0.2) is 18.2 Å². The third-order valence-electron chi connectivity index (χ3n) is 3.75. The molecule has 2 N–H and O–H groups in total. The highest BCUT2D eigenvalue weighted by Crippen LogP contribution is 2.41. The van der Waals surface area contributed by atoms with Gasteiger partial charge in [0.1, 0.15) is 11.6 Å². The molecule has 2 rings (SSSR count). The zero-order valence-electron chi connectivity index (χ0n) is 9.88. The van der Waals surface area contributed by atoms with Crippen LogP contribution in [0.25, 0.3) is 0 Å². The Kier molecular flexibility index (Phi) is 3.45. The van der Waals surface area contributed by atoms with Crippen LogP contribution in [0.3, 0.4) is 0 Å². The number of hydrogen-bond acceptors (Lipinski definition) is 2. The average molecular weight is 241 g/mol. The normalized spacial score (nSPS) is 19.8. The molecule has 1 fully saturated rings. The second-order valence-corrected chi connectivity index (χ2v) is 4.61. The Labute approximate surface area is 99.8 Å².